The molecule has 1 aromatic carbocycles. The van der Waals surface area contributed by atoms with Gasteiger partial charge in [-0.25, -0.2) is 0 Å². The zero-order chi connectivity index (χ0) is 19.8. The summed E-state index contributed by atoms with van der Waals surface area (Å²) in [5.74, 6) is 3.09. The minimum atomic E-state index is 0.128. The second kappa shape index (κ2) is 10.5. The second-order valence-corrected chi connectivity index (χ2v) is 7.72. The molecular formula is C21H31ClN6. The van der Waals surface area contributed by atoms with Gasteiger partial charge in [0.2, 0.25) is 0 Å². The normalized spacial score (nSPS) is 15.6. The van der Waals surface area contributed by atoms with Gasteiger partial charge in [0.05, 0.1) is 6.04 Å². The Bertz CT molecular complexity index is 785. The first kappa shape index (κ1) is 20.6. The third kappa shape index (κ3) is 5.71. The van der Waals surface area contributed by atoms with E-state index in [1.165, 1.54) is 19.3 Å². The minimum Gasteiger partial charge on any atom is -0.357 e. The van der Waals surface area contributed by atoms with E-state index < -0.39 is 0 Å². The standard InChI is InChI=1S/C21H31ClN6/c1-3-23-21(25-16(2)17-9-7-10-18(22)15-17)24-13-8-12-20-27-26-19-11-5-4-6-14-28(19)20/h7,9-10,15-16H,3-6,8,11-14H2,1-2H3,(H2,23,24,25). The van der Waals surface area contributed by atoms with Crippen LogP contribution in [-0.4, -0.2) is 33.8 Å². The SMILES string of the molecule is CCNC(=NCCCc1nnc2n1CCCCC2)NC(C)c1cccc(Cl)c1. The molecule has 1 aliphatic rings. The van der Waals surface area contributed by atoms with E-state index in [2.05, 4.69) is 45.3 Å². The fourth-order valence-electron chi connectivity index (χ4n) is 3.54. The molecule has 2 N–H and O–H groups in total. The lowest BCUT2D eigenvalue weighted by molar-refractivity contribution is 0.597. The summed E-state index contributed by atoms with van der Waals surface area (Å²) in [5, 5.41) is 16.3. The summed E-state index contributed by atoms with van der Waals surface area (Å²) in [6.07, 6.45) is 6.67. The number of guanidine groups is 1. The molecule has 1 aromatic heterocycles. The molecule has 0 saturated carbocycles. The summed E-state index contributed by atoms with van der Waals surface area (Å²) in [4.78, 5) is 4.74. The van der Waals surface area contributed by atoms with Gasteiger partial charge in [0.15, 0.2) is 5.96 Å². The molecule has 2 heterocycles. The summed E-state index contributed by atoms with van der Waals surface area (Å²) < 4.78 is 2.32. The van der Waals surface area contributed by atoms with E-state index in [4.69, 9.17) is 16.6 Å². The molecule has 0 amide bonds. The van der Waals surface area contributed by atoms with Gasteiger partial charge in [-0.1, -0.05) is 30.2 Å². The molecule has 0 saturated heterocycles. The van der Waals surface area contributed by atoms with E-state index in [1.807, 2.05) is 18.2 Å². The molecule has 1 unspecified atom stereocenters. The number of aryl methyl sites for hydroxylation is 2. The molecule has 0 radical (unpaired) electrons. The lowest BCUT2D eigenvalue weighted by Crippen LogP contribution is -2.38. The van der Waals surface area contributed by atoms with Gasteiger partial charge in [-0.15, -0.1) is 10.2 Å². The molecule has 1 aliphatic heterocycles. The molecule has 1 atom stereocenters. The highest BCUT2D eigenvalue weighted by Gasteiger charge is 2.14. The summed E-state index contributed by atoms with van der Waals surface area (Å²) in [6, 6.07) is 8.05. The lowest BCUT2D eigenvalue weighted by Gasteiger charge is -2.18. The zero-order valence-electron chi connectivity index (χ0n) is 16.9. The third-order valence-electron chi connectivity index (χ3n) is 5.06. The molecule has 6 nitrogen and oxygen atoms in total. The maximum atomic E-state index is 6.11. The van der Waals surface area contributed by atoms with Crippen LogP contribution in [0.25, 0.3) is 0 Å². The van der Waals surface area contributed by atoms with Crippen LogP contribution in [0.2, 0.25) is 5.02 Å². The van der Waals surface area contributed by atoms with Crippen molar-refractivity contribution in [3.05, 3.63) is 46.5 Å². The molecular weight excluding hydrogens is 372 g/mol. The number of hydrogen-bond acceptors (Lipinski definition) is 3. The fraction of sp³-hybridized carbons (Fsp3) is 0.571. The highest BCUT2D eigenvalue weighted by Crippen LogP contribution is 2.17. The average molecular weight is 403 g/mol. The van der Waals surface area contributed by atoms with Crippen molar-refractivity contribution in [2.45, 2.75) is 65.0 Å². The van der Waals surface area contributed by atoms with Crippen molar-refractivity contribution < 1.29 is 0 Å². The predicted octanol–water partition coefficient (Wildman–Crippen LogP) is 3.91. The first-order valence-corrected chi connectivity index (χ1v) is 10.8. The monoisotopic (exact) mass is 402 g/mol. The molecule has 0 spiro atoms. The topological polar surface area (TPSA) is 67.1 Å². The van der Waals surface area contributed by atoms with Crippen LogP contribution in [0.1, 0.15) is 62.8 Å². The Hall–Kier alpha value is -2.08. The number of rotatable bonds is 7. The van der Waals surface area contributed by atoms with Gasteiger partial charge in [-0.3, -0.25) is 4.99 Å². The van der Waals surface area contributed by atoms with Gasteiger partial charge in [0.25, 0.3) is 0 Å². The number of hydrogen-bond donors (Lipinski definition) is 2. The van der Waals surface area contributed by atoms with Crippen LogP contribution in [0.3, 0.4) is 0 Å². The molecule has 152 valence electrons. The molecule has 0 fully saturated rings. The van der Waals surface area contributed by atoms with E-state index in [0.29, 0.717) is 0 Å². The number of aliphatic imine (C=N–C) groups is 1. The Kier molecular flexibility index (Phi) is 7.71. The largest absolute Gasteiger partial charge is 0.357 e. The van der Waals surface area contributed by atoms with E-state index >= 15 is 0 Å². The van der Waals surface area contributed by atoms with Crippen LogP contribution >= 0.6 is 11.6 Å². The number of halogens is 1. The number of benzene rings is 1. The summed E-state index contributed by atoms with van der Waals surface area (Å²) in [6.45, 7) is 6.82. The smallest absolute Gasteiger partial charge is 0.191 e. The summed E-state index contributed by atoms with van der Waals surface area (Å²) >= 11 is 6.11. The molecule has 7 heteroatoms. The van der Waals surface area contributed by atoms with Gasteiger partial charge in [-0.2, -0.15) is 0 Å². The van der Waals surface area contributed by atoms with E-state index in [1.54, 1.807) is 0 Å². The molecule has 0 aliphatic carbocycles. The Morgan fingerprint density at radius 2 is 2.18 bits per heavy atom. The van der Waals surface area contributed by atoms with Gasteiger partial charge in [0.1, 0.15) is 11.6 Å². The maximum absolute atomic E-state index is 6.11. The van der Waals surface area contributed by atoms with Crippen molar-refractivity contribution >= 4 is 17.6 Å². The van der Waals surface area contributed by atoms with E-state index in [0.717, 1.165) is 67.1 Å². The highest BCUT2D eigenvalue weighted by molar-refractivity contribution is 6.30. The average Bonchev–Trinajstić information content (AvgIpc) is 2.91. The maximum Gasteiger partial charge on any atom is 0.191 e. The summed E-state index contributed by atoms with van der Waals surface area (Å²) in [5.41, 5.74) is 1.14. The van der Waals surface area contributed by atoms with Crippen molar-refractivity contribution in [1.82, 2.24) is 25.4 Å². The Balaban J connectivity index is 1.54. The van der Waals surface area contributed by atoms with Crippen molar-refractivity contribution in [1.29, 1.82) is 0 Å². The van der Waals surface area contributed by atoms with E-state index in [9.17, 15) is 0 Å². The third-order valence-corrected chi connectivity index (χ3v) is 5.30. The lowest BCUT2D eigenvalue weighted by atomic mass is 10.1. The van der Waals surface area contributed by atoms with Gasteiger partial charge in [0, 0.05) is 37.5 Å². The number of nitrogens with one attached hydrogen (secondary N) is 2. The predicted molar refractivity (Wildman–Crippen MR) is 115 cm³/mol. The van der Waals surface area contributed by atoms with Crippen LogP contribution in [0, 0.1) is 0 Å². The van der Waals surface area contributed by atoms with Crippen molar-refractivity contribution in [3.63, 3.8) is 0 Å². The van der Waals surface area contributed by atoms with Gasteiger partial charge in [-0.05, 0) is 50.8 Å². The number of fused-ring (bicyclic) bond motifs is 1. The number of nitrogens with zero attached hydrogens (tertiary/aromatic N) is 4. The molecule has 3 rings (SSSR count). The van der Waals surface area contributed by atoms with Gasteiger partial charge >= 0.3 is 0 Å². The van der Waals surface area contributed by atoms with E-state index in [-0.39, 0.29) is 6.04 Å². The van der Waals surface area contributed by atoms with Crippen LogP contribution in [0.4, 0.5) is 0 Å². The zero-order valence-corrected chi connectivity index (χ0v) is 17.7. The van der Waals surface area contributed by atoms with Crippen molar-refractivity contribution in [2.24, 2.45) is 4.99 Å². The first-order valence-electron chi connectivity index (χ1n) is 10.4. The Morgan fingerprint density at radius 3 is 3.00 bits per heavy atom. The molecule has 28 heavy (non-hydrogen) atoms. The first-order chi connectivity index (χ1) is 13.7. The minimum absolute atomic E-state index is 0.128. The van der Waals surface area contributed by atoms with Crippen molar-refractivity contribution in [2.75, 3.05) is 13.1 Å². The van der Waals surface area contributed by atoms with Crippen LogP contribution < -0.4 is 10.6 Å². The molecule has 0 bridgehead atoms. The van der Waals surface area contributed by atoms with Crippen LogP contribution in [0.5, 0.6) is 0 Å². The fourth-order valence-corrected chi connectivity index (χ4v) is 3.74. The highest BCUT2D eigenvalue weighted by atomic mass is 35.5. The van der Waals surface area contributed by atoms with Gasteiger partial charge < -0.3 is 15.2 Å². The molecule has 2 aromatic rings. The van der Waals surface area contributed by atoms with Crippen molar-refractivity contribution in [3.8, 4) is 0 Å². The summed E-state index contributed by atoms with van der Waals surface area (Å²) in [7, 11) is 0. The second-order valence-electron chi connectivity index (χ2n) is 7.28. The quantitative estimate of drug-likeness (QED) is 0.418. The van der Waals surface area contributed by atoms with Crippen LogP contribution in [-0.2, 0) is 19.4 Å². The Morgan fingerprint density at radius 1 is 1.29 bits per heavy atom. The van der Waals surface area contributed by atoms with Crippen LogP contribution in [0.15, 0.2) is 29.3 Å². The Labute approximate surface area is 172 Å². The number of aromatic nitrogens is 3.